The molecular formula is C13H16ClNO2. The summed E-state index contributed by atoms with van der Waals surface area (Å²) in [6.45, 7) is 1.94. The van der Waals surface area contributed by atoms with Gasteiger partial charge in [0, 0.05) is 11.1 Å². The molecule has 17 heavy (non-hydrogen) atoms. The second-order valence-corrected chi connectivity index (χ2v) is 4.69. The highest BCUT2D eigenvalue weighted by Crippen LogP contribution is 2.21. The Balaban J connectivity index is 1.93. The van der Waals surface area contributed by atoms with E-state index >= 15 is 0 Å². The summed E-state index contributed by atoms with van der Waals surface area (Å²) in [6.07, 6.45) is 2.41. The molecule has 1 unspecified atom stereocenters. The molecule has 0 bridgehead atoms. The second-order valence-electron chi connectivity index (χ2n) is 4.25. The Morgan fingerprint density at radius 2 is 2.12 bits per heavy atom. The minimum absolute atomic E-state index is 0.0232. The van der Waals surface area contributed by atoms with Gasteiger partial charge in [-0.15, -0.1) is 0 Å². The Morgan fingerprint density at radius 3 is 2.65 bits per heavy atom. The summed E-state index contributed by atoms with van der Waals surface area (Å²) in [5, 5.41) is 3.61. The first-order valence-corrected chi connectivity index (χ1v) is 6.29. The first-order chi connectivity index (χ1) is 8.19. The Morgan fingerprint density at radius 1 is 1.47 bits per heavy atom. The highest BCUT2D eigenvalue weighted by Gasteiger charge is 2.27. The Hall–Kier alpha value is -1.22. The monoisotopic (exact) mass is 253 g/mol. The van der Waals surface area contributed by atoms with Crippen LogP contribution in [0.3, 0.4) is 0 Å². The maximum Gasteiger partial charge on any atom is 0.261 e. The quantitative estimate of drug-likeness (QED) is 0.876. The van der Waals surface area contributed by atoms with Crippen LogP contribution in [-0.4, -0.2) is 18.1 Å². The first kappa shape index (κ1) is 12.2. The molecule has 1 aromatic rings. The summed E-state index contributed by atoms with van der Waals surface area (Å²) in [5.74, 6) is 0.650. The highest BCUT2D eigenvalue weighted by molar-refractivity contribution is 6.30. The van der Waals surface area contributed by atoms with Crippen LogP contribution in [0.2, 0.25) is 5.02 Å². The number of halogens is 1. The lowest BCUT2D eigenvalue weighted by Crippen LogP contribution is -2.39. The zero-order valence-electron chi connectivity index (χ0n) is 9.78. The van der Waals surface area contributed by atoms with Crippen LogP contribution in [0.5, 0.6) is 5.75 Å². The number of nitrogens with one attached hydrogen (secondary N) is 1. The molecule has 1 N–H and O–H groups in total. The lowest BCUT2D eigenvalue weighted by molar-refractivity contribution is -0.128. The van der Waals surface area contributed by atoms with Crippen molar-refractivity contribution in [3.8, 4) is 5.75 Å². The molecule has 2 rings (SSSR count). The highest BCUT2D eigenvalue weighted by atomic mass is 35.5. The topological polar surface area (TPSA) is 38.3 Å². The van der Waals surface area contributed by atoms with Crippen molar-refractivity contribution in [3.63, 3.8) is 0 Å². The first-order valence-electron chi connectivity index (χ1n) is 5.91. The van der Waals surface area contributed by atoms with Crippen molar-refractivity contribution in [3.05, 3.63) is 29.3 Å². The lowest BCUT2D eigenvalue weighted by atomic mass is 10.2. The van der Waals surface area contributed by atoms with E-state index < -0.39 is 6.10 Å². The Bertz CT molecular complexity index is 387. The minimum atomic E-state index is -0.420. The van der Waals surface area contributed by atoms with Crippen molar-refractivity contribution in [2.45, 2.75) is 38.3 Å². The standard InChI is InChI=1S/C13H16ClNO2/c1-2-12(13(16)15-10-5-6-10)17-11-7-3-9(14)4-8-11/h3-4,7-8,10,12H,2,5-6H2,1H3,(H,15,16). The lowest BCUT2D eigenvalue weighted by Gasteiger charge is -2.17. The summed E-state index contributed by atoms with van der Waals surface area (Å²) in [6, 6.07) is 7.42. The Kier molecular flexibility index (Phi) is 3.89. The van der Waals surface area contributed by atoms with Gasteiger partial charge in [-0.25, -0.2) is 0 Å². The summed E-state index contributed by atoms with van der Waals surface area (Å²) in [4.78, 5) is 11.8. The number of carbonyl (C=O) groups is 1. The molecule has 1 atom stereocenters. The second kappa shape index (κ2) is 5.41. The van der Waals surface area contributed by atoms with E-state index in [1.165, 1.54) is 0 Å². The van der Waals surface area contributed by atoms with Gasteiger partial charge in [0.25, 0.3) is 5.91 Å². The van der Waals surface area contributed by atoms with Crippen LogP contribution >= 0.6 is 11.6 Å². The normalized spacial score (nSPS) is 16.4. The van der Waals surface area contributed by atoms with Crippen LogP contribution in [0.25, 0.3) is 0 Å². The van der Waals surface area contributed by atoms with E-state index in [1.54, 1.807) is 24.3 Å². The summed E-state index contributed by atoms with van der Waals surface area (Å²) in [5.41, 5.74) is 0. The molecule has 0 aliphatic heterocycles. The van der Waals surface area contributed by atoms with E-state index in [-0.39, 0.29) is 5.91 Å². The van der Waals surface area contributed by atoms with E-state index in [1.807, 2.05) is 6.92 Å². The number of benzene rings is 1. The van der Waals surface area contributed by atoms with Gasteiger partial charge in [0.2, 0.25) is 0 Å². The molecule has 1 saturated carbocycles. The van der Waals surface area contributed by atoms with E-state index in [0.29, 0.717) is 23.2 Å². The summed E-state index contributed by atoms with van der Waals surface area (Å²) < 4.78 is 5.64. The van der Waals surface area contributed by atoms with Crippen molar-refractivity contribution < 1.29 is 9.53 Å². The number of hydrogen-bond acceptors (Lipinski definition) is 2. The predicted octanol–water partition coefficient (Wildman–Crippen LogP) is 2.78. The molecule has 0 aromatic heterocycles. The Labute approximate surface area is 106 Å². The molecule has 0 heterocycles. The van der Waals surface area contributed by atoms with Crippen molar-refractivity contribution in [1.82, 2.24) is 5.32 Å². The predicted molar refractivity (Wildman–Crippen MR) is 67.3 cm³/mol. The van der Waals surface area contributed by atoms with Crippen LogP contribution in [0.1, 0.15) is 26.2 Å². The molecule has 1 fully saturated rings. The van der Waals surface area contributed by atoms with Gasteiger partial charge in [0.05, 0.1) is 0 Å². The molecule has 1 aromatic carbocycles. The molecule has 0 saturated heterocycles. The number of rotatable bonds is 5. The van der Waals surface area contributed by atoms with Gasteiger partial charge in [0.15, 0.2) is 6.10 Å². The van der Waals surface area contributed by atoms with Crippen molar-refractivity contribution in [2.75, 3.05) is 0 Å². The number of ether oxygens (including phenoxy) is 1. The fourth-order valence-electron chi connectivity index (χ4n) is 1.52. The van der Waals surface area contributed by atoms with Crippen molar-refractivity contribution >= 4 is 17.5 Å². The van der Waals surface area contributed by atoms with Gasteiger partial charge >= 0.3 is 0 Å². The zero-order valence-corrected chi connectivity index (χ0v) is 10.5. The van der Waals surface area contributed by atoms with E-state index in [0.717, 1.165) is 12.8 Å². The molecule has 92 valence electrons. The molecular weight excluding hydrogens is 238 g/mol. The fourth-order valence-corrected chi connectivity index (χ4v) is 1.65. The van der Waals surface area contributed by atoms with E-state index in [9.17, 15) is 4.79 Å². The van der Waals surface area contributed by atoms with Gasteiger partial charge in [0.1, 0.15) is 5.75 Å². The maximum absolute atomic E-state index is 11.8. The van der Waals surface area contributed by atoms with Gasteiger partial charge < -0.3 is 10.1 Å². The van der Waals surface area contributed by atoms with Crippen LogP contribution in [0, 0.1) is 0 Å². The zero-order chi connectivity index (χ0) is 12.3. The van der Waals surface area contributed by atoms with Crippen LogP contribution in [0.15, 0.2) is 24.3 Å². The summed E-state index contributed by atoms with van der Waals surface area (Å²) >= 11 is 5.79. The van der Waals surface area contributed by atoms with Gasteiger partial charge in [-0.1, -0.05) is 18.5 Å². The summed E-state index contributed by atoms with van der Waals surface area (Å²) in [7, 11) is 0. The molecule has 4 heteroatoms. The molecule has 0 spiro atoms. The number of amides is 1. The smallest absolute Gasteiger partial charge is 0.261 e. The van der Waals surface area contributed by atoms with Crippen LogP contribution in [-0.2, 0) is 4.79 Å². The van der Waals surface area contributed by atoms with E-state index in [2.05, 4.69) is 5.32 Å². The third kappa shape index (κ3) is 3.63. The van der Waals surface area contributed by atoms with Crippen molar-refractivity contribution in [2.24, 2.45) is 0 Å². The molecule has 1 aliphatic rings. The molecule has 3 nitrogen and oxygen atoms in total. The minimum Gasteiger partial charge on any atom is -0.481 e. The van der Waals surface area contributed by atoms with Crippen molar-refractivity contribution in [1.29, 1.82) is 0 Å². The van der Waals surface area contributed by atoms with Gasteiger partial charge in [-0.2, -0.15) is 0 Å². The third-order valence-corrected chi connectivity index (χ3v) is 2.93. The number of carbonyl (C=O) groups excluding carboxylic acids is 1. The fraction of sp³-hybridized carbons (Fsp3) is 0.462. The van der Waals surface area contributed by atoms with Crippen LogP contribution in [0.4, 0.5) is 0 Å². The van der Waals surface area contributed by atoms with Gasteiger partial charge in [-0.05, 0) is 43.5 Å². The van der Waals surface area contributed by atoms with Crippen LogP contribution < -0.4 is 10.1 Å². The number of hydrogen-bond donors (Lipinski definition) is 1. The SMILES string of the molecule is CCC(Oc1ccc(Cl)cc1)C(=O)NC1CC1. The maximum atomic E-state index is 11.8. The van der Waals surface area contributed by atoms with E-state index in [4.69, 9.17) is 16.3 Å². The molecule has 1 aliphatic carbocycles. The average Bonchev–Trinajstić information content (AvgIpc) is 3.12. The third-order valence-electron chi connectivity index (χ3n) is 2.68. The van der Waals surface area contributed by atoms with Gasteiger partial charge in [-0.3, -0.25) is 4.79 Å². The molecule has 1 amide bonds. The molecule has 0 radical (unpaired) electrons. The largest absolute Gasteiger partial charge is 0.481 e. The average molecular weight is 254 g/mol.